The molecule has 2 aromatic rings. The highest BCUT2D eigenvalue weighted by molar-refractivity contribution is 5.90. The Hall–Kier alpha value is -2.54. The molecule has 0 N–H and O–H groups in total. The molecule has 0 saturated heterocycles. The number of hydrogen-bond donors (Lipinski definition) is 0. The van der Waals surface area contributed by atoms with Crippen LogP contribution in [0.25, 0.3) is 11.1 Å². The highest BCUT2D eigenvalue weighted by Gasteiger charge is 2.43. The zero-order valence-electron chi connectivity index (χ0n) is 18.2. The molecule has 0 unspecified atom stereocenters. The summed E-state index contributed by atoms with van der Waals surface area (Å²) in [5, 5.41) is 0. The first-order chi connectivity index (χ1) is 13.3. The van der Waals surface area contributed by atoms with Gasteiger partial charge in [-0.3, -0.25) is 0 Å². The number of hydrogen-bond acceptors (Lipinski definition) is 1. The maximum atomic E-state index is 2.38. The van der Waals surface area contributed by atoms with Crippen LogP contribution in [0.3, 0.4) is 0 Å². The quantitative estimate of drug-likeness (QED) is 0.544. The number of anilines is 1. The third-order valence-corrected chi connectivity index (χ3v) is 6.68. The van der Waals surface area contributed by atoms with Gasteiger partial charge in [0.2, 0.25) is 0 Å². The fourth-order valence-corrected chi connectivity index (χ4v) is 5.28. The summed E-state index contributed by atoms with van der Waals surface area (Å²) in [6, 6.07) is 13.6. The summed E-state index contributed by atoms with van der Waals surface area (Å²) in [5.74, 6) is 0. The lowest BCUT2D eigenvalue weighted by molar-refractivity contribution is 0.615. The molecule has 28 heavy (non-hydrogen) atoms. The maximum absolute atomic E-state index is 2.38. The Morgan fingerprint density at radius 1 is 0.786 bits per heavy atom. The summed E-state index contributed by atoms with van der Waals surface area (Å²) in [5.41, 5.74) is 11.1. The van der Waals surface area contributed by atoms with Gasteiger partial charge in [-0.1, -0.05) is 76.3 Å². The minimum absolute atomic E-state index is 0.0314. The average molecular weight is 370 g/mol. The average Bonchev–Trinajstić information content (AvgIpc) is 2.90. The van der Waals surface area contributed by atoms with Gasteiger partial charge in [-0.05, 0) is 59.4 Å². The predicted octanol–water partition coefficient (Wildman–Crippen LogP) is 7.13. The van der Waals surface area contributed by atoms with Crippen LogP contribution in [0.4, 0.5) is 5.69 Å². The van der Waals surface area contributed by atoms with Gasteiger partial charge in [0, 0.05) is 29.3 Å². The molecule has 144 valence electrons. The van der Waals surface area contributed by atoms with Gasteiger partial charge in [-0.25, -0.2) is 0 Å². The molecule has 0 amide bonds. The summed E-state index contributed by atoms with van der Waals surface area (Å²) in [7, 11) is 2.20. The van der Waals surface area contributed by atoms with Crippen LogP contribution in [-0.2, 0) is 10.8 Å². The van der Waals surface area contributed by atoms with Crippen molar-refractivity contribution in [3.05, 3.63) is 88.7 Å². The largest absolute Gasteiger partial charge is 0.344 e. The van der Waals surface area contributed by atoms with E-state index in [9.17, 15) is 0 Å². The number of likely N-dealkylation sites (N-methyl/N-ethyl adjacent to an activating group) is 1. The van der Waals surface area contributed by atoms with Crippen molar-refractivity contribution >= 4 is 5.69 Å². The van der Waals surface area contributed by atoms with E-state index in [0.29, 0.717) is 0 Å². The van der Waals surface area contributed by atoms with E-state index in [-0.39, 0.29) is 10.8 Å². The van der Waals surface area contributed by atoms with E-state index in [1.54, 1.807) is 0 Å². The molecule has 2 aliphatic rings. The van der Waals surface area contributed by atoms with Crippen molar-refractivity contribution in [2.75, 3.05) is 11.9 Å². The Kier molecular flexibility index (Phi) is 4.19. The van der Waals surface area contributed by atoms with Crippen molar-refractivity contribution in [3.8, 4) is 11.1 Å². The van der Waals surface area contributed by atoms with E-state index >= 15 is 0 Å². The fourth-order valence-electron chi connectivity index (χ4n) is 5.28. The van der Waals surface area contributed by atoms with E-state index in [4.69, 9.17) is 0 Å². The number of allylic oxidation sites excluding steroid dienone is 5. The van der Waals surface area contributed by atoms with Gasteiger partial charge in [0.15, 0.2) is 0 Å². The zero-order chi connectivity index (χ0) is 20.3. The zero-order valence-corrected chi connectivity index (χ0v) is 18.2. The lowest BCUT2D eigenvalue weighted by Crippen LogP contribution is -2.34. The minimum Gasteiger partial charge on any atom is -0.344 e. The van der Waals surface area contributed by atoms with E-state index < -0.39 is 0 Å². The highest BCUT2D eigenvalue weighted by atomic mass is 15.1. The lowest BCUT2D eigenvalue weighted by Gasteiger charge is -2.42. The first-order valence-electron chi connectivity index (χ1n) is 10.3. The Bertz CT molecular complexity index is 1040. The molecule has 4 rings (SSSR count). The molecule has 2 aromatic carbocycles. The van der Waals surface area contributed by atoms with Crippen molar-refractivity contribution in [1.29, 1.82) is 0 Å². The van der Waals surface area contributed by atoms with Gasteiger partial charge in [0.25, 0.3) is 0 Å². The molecular weight excluding hydrogens is 338 g/mol. The standard InChI is InChI=1S/C27H31N/c1-8-12-20-22(13-9-2)28(7)23-17-16-21-24(25(23)27(20,5)6)18-14-10-11-15-19(18)26(21,3)4/h8-17H,1-7H3/b12-8-,13-9-. The van der Waals surface area contributed by atoms with Gasteiger partial charge in [-0.2, -0.15) is 0 Å². The molecule has 0 saturated carbocycles. The van der Waals surface area contributed by atoms with E-state index in [1.807, 2.05) is 0 Å². The number of nitrogens with zero attached hydrogens (tertiary/aromatic N) is 1. The Labute approximate surface area is 170 Å². The van der Waals surface area contributed by atoms with Gasteiger partial charge in [0.05, 0.1) is 0 Å². The third-order valence-electron chi connectivity index (χ3n) is 6.68. The Morgan fingerprint density at radius 2 is 1.46 bits per heavy atom. The molecule has 1 aliphatic heterocycles. The predicted molar refractivity (Wildman–Crippen MR) is 122 cm³/mol. The molecule has 0 radical (unpaired) electrons. The summed E-state index contributed by atoms with van der Waals surface area (Å²) in [4.78, 5) is 2.37. The molecule has 0 bridgehead atoms. The van der Waals surface area contributed by atoms with Crippen LogP contribution in [0, 0.1) is 0 Å². The van der Waals surface area contributed by atoms with E-state index in [1.165, 1.54) is 44.8 Å². The molecule has 1 nitrogen and oxygen atoms in total. The normalized spacial score (nSPS) is 19.3. The van der Waals surface area contributed by atoms with Gasteiger partial charge >= 0.3 is 0 Å². The Balaban J connectivity index is 2.12. The molecule has 1 heterocycles. The molecule has 0 aromatic heterocycles. The summed E-state index contributed by atoms with van der Waals surface area (Å²) < 4.78 is 0. The summed E-state index contributed by atoms with van der Waals surface area (Å²) >= 11 is 0. The second-order valence-corrected chi connectivity index (χ2v) is 9.04. The number of rotatable bonds is 2. The van der Waals surface area contributed by atoms with Crippen LogP contribution >= 0.6 is 0 Å². The van der Waals surface area contributed by atoms with Crippen LogP contribution < -0.4 is 4.90 Å². The van der Waals surface area contributed by atoms with Crippen molar-refractivity contribution in [2.45, 2.75) is 52.4 Å². The molecular formula is C27H31N. The maximum Gasteiger partial charge on any atom is 0.0456 e. The molecule has 0 atom stereocenters. The third kappa shape index (κ3) is 2.32. The van der Waals surface area contributed by atoms with Crippen LogP contribution in [0.1, 0.15) is 58.2 Å². The number of fused-ring (bicyclic) bond motifs is 5. The van der Waals surface area contributed by atoms with Crippen LogP contribution in [0.2, 0.25) is 0 Å². The molecule has 1 aliphatic carbocycles. The topological polar surface area (TPSA) is 3.24 Å². The van der Waals surface area contributed by atoms with Gasteiger partial charge < -0.3 is 4.90 Å². The lowest BCUT2D eigenvalue weighted by atomic mass is 9.69. The van der Waals surface area contributed by atoms with Crippen molar-refractivity contribution < 1.29 is 0 Å². The first-order valence-corrected chi connectivity index (χ1v) is 10.3. The van der Waals surface area contributed by atoms with E-state index in [2.05, 4.69) is 114 Å². The van der Waals surface area contributed by atoms with Crippen LogP contribution in [0.15, 0.2) is 72.0 Å². The summed E-state index contributed by atoms with van der Waals surface area (Å²) in [6.07, 6.45) is 8.84. The SMILES string of the molecule is C/C=C\C1=C(/C=C\C)C(C)(C)c2c(ccc3c2-c2ccccc2C3(C)C)N1C. The minimum atomic E-state index is -0.0813. The second-order valence-electron chi connectivity index (χ2n) is 9.04. The van der Waals surface area contributed by atoms with Crippen LogP contribution in [0.5, 0.6) is 0 Å². The van der Waals surface area contributed by atoms with Crippen LogP contribution in [-0.4, -0.2) is 7.05 Å². The molecule has 0 fully saturated rings. The van der Waals surface area contributed by atoms with E-state index in [0.717, 1.165) is 0 Å². The Morgan fingerprint density at radius 3 is 2.14 bits per heavy atom. The van der Waals surface area contributed by atoms with Gasteiger partial charge in [0.1, 0.15) is 0 Å². The molecule has 1 heteroatoms. The van der Waals surface area contributed by atoms with Crippen molar-refractivity contribution in [2.24, 2.45) is 0 Å². The molecule has 0 spiro atoms. The van der Waals surface area contributed by atoms with Crippen molar-refractivity contribution in [3.63, 3.8) is 0 Å². The fraction of sp³-hybridized carbons (Fsp3) is 0.333. The first kappa shape index (κ1) is 18.8. The number of benzene rings is 2. The monoisotopic (exact) mass is 369 g/mol. The second kappa shape index (κ2) is 6.24. The summed E-state index contributed by atoms with van der Waals surface area (Å²) in [6.45, 7) is 13.7. The smallest absolute Gasteiger partial charge is 0.0456 e. The van der Waals surface area contributed by atoms with Gasteiger partial charge in [-0.15, -0.1) is 0 Å². The van der Waals surface area contributed by atoms with Crippen molar-refractivity contribution in [1.82, 2.24) is 0 Å². The highest BCUT2D eigenvalue weighted by Crippen LogP contribution is 2.57.